The highest BCUT2D eigenvalue weighted by Crippen LogP contribution is 2.34. The van der Waals surface area contributed by atoms with Crippen LogP contribution in [-0.2, 0) is 0 Å². The summed E-state index contributed by atoms with van der Waals surface area (Å²) in [4.78, 5) is 10.6. The van der Waals surface area contributed by atoms with Crippen molar-refractivity contribution in [3.05, 3.63) is 138 Å². The summed E-state index contributed by atoms with van der Waals surface area (Å²) in [6.07, 6.45) is 4.58. The van der Waals surface area contributed by atoms with Crippen LogP contribution in [0.25, 0.3) is 73.4 Å². The summed E-state index contributed by atoms with van der Waals surface area (Å²) in [5, 5.41) is 4.47. The lowest BCUT2D eigenvalue weighted by Crippen LogP contribution is -2.30. The zero-order valence-electron chi connectivity index (χ0n) is 23.6. The zero-order chi connectivity index (χ0) is 28.3. The van der Waals surface area contributed by atoms with Gasteiger partial charge in [0.25, 0.3) is 0 Å². The lowest BCUT2D eigenvalue weighted by atomic mass is 9.93. The Bertz CT molecular complexity index is 2150. The second-order valence-corrected chi connectivity index (χ2v) is 11.7. The van der Waals surface area contributed by atoms with Crippen molar-refractivity contribution in [2.24, 2.45) is 5.41 Å². The molecule has 3 heteroatoms. The van der Waals surface area contributed by atoms with Gasteiger partial charge in [0.2, 0.25) is 5.95 Å². The van der Waals surface area contributed by atoms with E-state index in [0.29, 0.717) is 5.95 Å². The fourth-order valence-electron chi connectivity index (χ4n) is 6.31. The fourth-order valence-corrected chi connectivity index (χ4v) is 6.31. The van der Waals surface area contributed by atoms with Crippen LogP contribution in [0.15, 0.2) is 127 Å². The molecule has 0 atom stereocenters. The van der Waals surface area contributed by atoms with Gasteiger partial charge < -0.3 is 0 Å². The minimum Gasteiger partial charge on any atom is -0.278 e. The highest BCUT2D eigenvalue weighted by atomic mass is 15.2. The van der Waals surface area contributed by atoms with Crippen molar-refractivity contribution in [1.82, 2.24) is 14.5 Å². The number of rotatable bonds is 4. The Morgan fingerprint density at radius 3 is 1.57 bits per heavy atom. The van der Waals surface area contributed by atoms with E-state index in [-0.39, 0.29) is 5.41 Å². The molecule has 200 valence electrons. The molecule has 1 aliphatic carbocycles. The van der Waals surface area contributed by atoms with E-state index in [2.05, 4.69) is 158 Å². The van der Waals surface area contributed by atoms with Crippen LogP contribution in [0.3, 0.4) is 0 Å². The molecule has 1 aliphatic rings. The van der Waals surface area contributed by atoms with Crippen LogP contribution in [0, 0.1) is 5.41 Å². The summed E-state index contributed by atoms with van der Waals surface area (Å²) in [5.74, 6) is 0.690. The average molecular weight is 540 g/mol. The molecule has 0 aliphatic heterocycles. The van der Waals surface area contributed by atoms with Gasteiger partial charge in [0.1, 0.15) is 0 Å². The minimum atomic E-state index is -0.121. The first-order valence-corrected chi connectivity index (χ1v) is 14.4. The molecular formula is C39H29N3. The van der Waals surface area contributed by atoms with Crippen molar-refractivity contribution in [3.8, 4) is 39.5 Å². The van der Waals surface area contributed by atoms with Gasteiger partial charge in [0.05, 0.1) is 22.1 Å². The van der Waals surface area contributed by atoms with Gasteiger partial charge in [-0.15, -0.1) is 0 Å². The van der Waals surface area contributed by atoms with Crippen LogP contribution in [0.2, 0.25) is 0 Å². The van der Waals surface area contributed by atoms with E-state index < -0.39 is 0 Å². The largest absolute Gasteiger partial charge is 0.278 e. The number of aromatic nitrogens is 3. The van der Waals surface area contributed by atoms with Gasteiger partial charge in [-0.2, -0.15) is 0 Å². The van der Waals surface area contributed by atoms with Gasteiger partial charge in [-0.05, 0) is 58.7 Å². The predicted octanol–water partition coefficient (Wildman–Crippen LogP) is 8.18. The molecule has 5 aromatic carbocycles. The van der Waals surface area contributed by atoms with Gasteiger partial charge in [-0.25, -0.2) is 9.97 Å². The summed E-state index contributed by atoms with van der Waals surface area (Å²) in [6.45, 7) is 4.46. The number of para-hydroxylation sites is 2. The average Bonchev–Trinajstić information content (AvgIpc) is 3.54. The summed E-state index contributed by atoms with van der Waals surface area (Å²) in [7, 11) is 0. The minimum absolute atomic E-state index is 0.121. The monoisotopic (exact) mass is 539 g/mol. The highest BCUT2D eigenvalue weighted by Gasteiger charge is 2.22. The van der Waals surface area contributed by atoms with E-state index in [1.807, 2.05) is 0 Å². The molecule has 0 N–H and O–H groups in total. The van der Waals surface area contributed by atoms with Crippen LogP contribution >= 0.6 is 0 Å². The maximum Gasteiger partial charge on any atom is 0.235 e. The summed E-state index contributed by atoms with van der Waals surface area (Å²) in [6, 6.07) is 45.1. The molecule has 0 radical (unpaired) electrons. The van der Waals surface area contributed by atoms with Gasteiger partial charge in [0.15, 0.2) is 0 Å². The number of hydrogen-bond donors (Lipinski definition) is 0. The van der Waals surface area contributed by atoms with Gasteiger partial charge >= 0.3 is 0 Å². The standard InChI is InChI=1S/C39H29N3/c1-39(2)24-33-34(25-39)40-38(42-35-19-11-9-17-31(35)32-18-10-12-20-36(32)42)41-37(33)30-22-28(26-13-5-3-6-14-26)21-29(23-30)27-15-7-4-8-16-27/h3-25H,1-2H3. The van der Waals surface area contributed by atoms with Crippen molar-refractivity contribution in [1.29, 1.82) is 0 Å². The molecule has 0 unspecified atom stereocenters. The molecule has 0 amide bonds. The Morgan fingerprint density at radius 1 is 0.500 bits per heavy atom. The second-order valence-electron chi connectivity index (χ2n) is 11.7. The zero-order valence-corrected chi connectivity index (χ0v) is 23.6. The maximum atomic E-state index is 5.39. The molecule has 0 fully saturated rings. The number of nitrogens with zero attached hydrogens (tertiary/aromatic N) is 3. The topological polar surface area (TPSA) is 30.7 Å². The van der Waals surface area contributed by atoms with Crippen LogP contribution in [-0.4, -0.2) is 14.5 Å². The third kappa shape index (κ3) is 4.05. The molecule has 2 heterocycles. The van der Waals surface area contributed by atoms with E-state index in [0.717, 1.165) is 32.9 Å². The molecule has 42 heavy (non-hydrogen) atoms. The molecule has 0 saturated heterocycles. The third-order valence-electron chi connectivity index (χ3n) is 8.19. The van der Waals surface area contributed by atoms with Crippen LogP contribution < -0.4 is 10.6 Å². The van der Waals surface area contributed by atoms with Crippen molar-refractivity contribution < 1.29 is 0 Å². The predicted molar refractivity (Wildman–Crippen MR) is 175 cm³/mol. The van der Waals surface area contributed by atoms with Crippen molar-refractivity contribution in [2.45, 2.75) is 13.8 Å². The molecule has 2 aromatic heterocycles. The Morgan fingerprint density at radius 2 is 1.00 bits per heavy atom. The lowest BCUT2D eigenvalue weighted by Gasteiger charge is -2.13. The maximum absolute atomic E-state index is 5.39. The van der Waals surface area contributed by atoms with E-state index in [9.17, 15) is 0 Å². The normalized spacial score (nSPS) is 13.6. The third-order valence-corrected chi connectivity index (χ3v) is 8.19. The van der Waals surface area contributed by atoms with E-state index in [1.165, 1.54) is 33.0 Å². The number of hydrogen-bond acceptors (Lipinski definition) is 2. The lowest BCUT2D eigenvalue weighted by molar-refractivity contribution is 0.723. The molecule has 0 saturated carbocycles. The molecule has 0 spiro atoms. The molecule has 3 nitrogen and oxygen atoms in total. The summed E-state index contributed by atoms with van der Waals surface area (Å²) >= 11 is 0. The number of benzene rings is 5. The van der Waals surface area contributed by atoms with Crippen LogP contribution in [0.4, 0.5) is 0 Å². The number of fused-ring (bicyclic) bond motifs is 4. The smallest absolute Gasteiger partial charge is 0.235 e. The summed E-state index contributed by atoms with van der Waals surface area (Å²) in [5.41, 5.74) is 8.82. The Balaban J connectivity index is 1.45. The molecular weight excluding hydrogens is 510 g/mol. The van der Waals surface area contributed by atoms with Gasteiger partial charge in [0, 0.05) is 27.0 Å². The highest BCUT2D eigenvalue weighted by molar-refractivity contribution is 6.09. The molecule has 0 bridgehead atoms. The molecule has 8 rings (SSSR count). The first-order valence-electron chi connectivity index (χ1n) is 14.4. The van der Waals surface area contributed by atoms with Crippen molar-refractivity contribution in [3.63, 3.8) is 0 Å². The van der Waals surface area contributed by atoms with E-state index >= 15 is 0 Å². The van der Waals surface area contributed by atoms with Crippen LogP contribution in [0.1, 0.15) is 13.8 Å². The Hall–Kier alpha value is -5.28. The van der Waals surface area contributed by atoms with Crippen LogP contribution in [0.5, 0.6) is 0 Å². The van der Waals surface area contributed by atoms with Gasteiger partial charge in [-0.3, -0.25) is 4.57 Å². The quantitative estimate of drug-likeness (QED) is 0.226. The second kappa shape index (κ2) is 9.39. The SMILES string of the molecule is CC1(C)C=c2nc(-n3c4ccccc4c4ccccc43)nc(-c3cc(-c4ccccc4)cc(-c4ccccc4)c3)c2=C1. The Kier molecular flexibility index (Phi) is 5.48. The first-order chi connectivity index (χ1) is 20.5. The van der Waals surface area contributed by atoms with E-state index in [1.54, 1.807) is 0 Å². The Labute approximate surface area is 244 Å². The van der Waals surface area contributed by atoms with Crippen molar-refractivity contribution in [2.75, 3.05) is 0 Å². The van der Waals surface area contributed by atoms with Crippen molar-refractivity contribution >= 4 is 34.0 Å². The van der Waals surface area contributed by atoms with Gasteiger partial charge in [-0.1, -0.05) is 117 Å². The fraction of sp³-hybridized carbons (Fsp3) is 0.0769. The molecule has 7 aromatic rings. The first kappa shape index (κ1) is 24.5. The van der Waals surface area contributed by atoms with E-state index in [4.69, 9.17) is 9.97 Å². The summed E-state index contributed by atoms with van der Waals surface area (Å²) < 4.78 is 2.22.